The number of rotatable bonds is 5. The van der Waals surface area contributed by atoms with Gasteiger partial charge in [0, 0.05) is 13.7 Å². The predicted octanol–water partition coefficient (Wildman–Crippen LogP) is 3.23. The van der Waals surface area contributed by atoms with Crippen LogP contribution in [0, 0.1) is 10.5 Å². The van der Waals surface area contributed by atoms with Crippen LogP contribution in [0.5, 0.6) is 0 Å². The highest BCUT2D eigenvalue weighted by Gasteiger charge is 2.16. The van der Waals surface area contributed by atoms with Gasteiger partial charge in [0.15, 0.2) is 11.6 Å². The Bertz CT molecular complexity index is 542. The number of aromatic nitrogens is 2. The van der Waals surface area contributed by atoms with Gasteiger partial charge in [0.1, 0.15) is 5.82 Å². The summed E-state index contributed by atoms with van der Waals surface area (Å²) in [6.45, 7) is 5.26. The molecule has 0 amide bonds. The minimum absolute atomic E-state index is 0.450. The summed E-state index contributed by atoms with van der Waals surface area (Å²) in [5.74, 6) is 2.11. The summed E-state index contributed by atoms with van der Waals surface area (Å²) in [6, 6.07) is 1.90. The highest BCUT2D eigenvalue weighted by Crippen LogP contribution is 2.26. The SMILES string of the molecule is CCNc1nc(-c2occc2C)nc(COC)c1I. The molecule has 0 saturated carbocycles. The van der Waals surface area contributed by atoms with Gasteiger partial charge in [-0.15, -0.1) is 0 Å². The van der Waals surface area contributed by atoms with E-state index < -0.39 is 0 Å². The number of aryl methyl sites for hydroxylation is 1. The van der Waals surface area contributed by atoms with Crippen molar-refractivity contribution in [3.8, 4) is 11.6 Å². The molecule has 0 fully saturated rings. The minimum Gasteiger partial charge on any atom is -0.461 e. The van der Waals surface area contributed by atoms with Crippen LogP contribution in [-0.4, -0.2) is 23.6 Å². The first-order valence-electron chi connectivity index (χ1n) is 6.01. The predicted molar refractivity (Wildman–Crippen MR) is 82.1 cm³/mol. The zero-order chi connectivity index (χ0) is 13.8. The van der Waals surface area contributed by atoms with Crippen molar-refractivity contribution in [2.24, 2.45) is 0 Å². The fraction of sp³-hybridized carbons (Fsp3) is 0.385. The van der Waals surface area contributed by atoms with Crippen LogP contribution in [-0.2, 0) is 11.3 Å². The van der Waals surface area contributed by atoms with E-state index in [1.54, 1.807) is 13.4 Å². The Hall–Kier alpha value is -1.15. The van der Waals surface area contributed by atoms with E-state index in [9.17, 15) is 0 Å². The van der Waals surface area contributed by atoms with Gasteiger partial charge in [0.05, 0.1) is 22.1 Å². The van der Waals surface area contributed by atoms with Gasteiger partial charge in [-0.05, 0) is 48.1 Å². The zero-order valence-electron chi connectivity index (χ0n) is 11.2. The Morgan fingerprint density at radius 1 is 1.42 bits per heavy atom. The fourth-order valence-corrected chi connectivity index (χ4v) is 2.30. The zero-order valence-corrected chi connectivity index (χ0v) is 13.3. The number of nitrogens with one attached hydrogen (secondary N) is 1. The first-order chi connectivity index (χ1) is 9.17. The van der Waals surface area contributed by atoms with Crippen LogP contribution in [0.15, 0.2) is 16.7 Å². The van der Waals surface area contributed by atoms with Crippen molar-refractivity contribution in [2.45, 2.75) is 20.5 Å². The summed E-state index contributed by atoms with van der Waals surface area (Å²) >= 11 is 2.23. The van der Waals surface area contributed by atoms with E-state index in [1.165, 1.54) is 0 Å². The number of anilines is 1. The first-order valence-corrected chi connectivity index (χ1v) is 7.09. The normalized spacial score (nSPS) is 10.7. The molecular weight excluding hydrogens is 357 g/mol. The van der Waals surface area contributed by atoms with E-state index in [4.69, 9.17) is 9.15 Å². The summed E-state index contributed by atoms with van der Waals surface area (Å²) in [4.78, 5) is 9.06. The monoisotopic (exact) mass is 373 g/mol. The van der Waals surface area contributed by atoms with Crippen molar-refractivity contribution >= 4 is 28.4 Å². The lowest BCUT2D eigenvalue weighted by molar-refractivity contribution is 0.181. The third kappa shape index (κ3) is 3.06. The van der Waals surface area contributed by atoms with E-state index in [-0.39, 0.29) is 0 Å². The Balaban J connectivity index is 2.52. The molecule has 0 saturated heterocycles. The van der Waals surface area contributed by atoms with Crippen molar-refractivity contribution < 1.29 is 9.15 Å². The van der Waals surface area contributed by atoms with Gasteiger partial charge in [-0.1, -0.05) is 0 Å². The molecule has 2 rings (SSSR count). The lowest BCUT2D eigenvalue weighted by Gasteiger charge is -2.11. The molecule has 0 aliphatic heterocycles. The molecule has 0 spiro atoms. The Morgan fingerprint density at radius 2 is 2.21 bits per heavy atom. The Labute approximate surface area is 125 Å². The second-order valence-corrected chi connectivity index (χ2v) is 5.13. The van der Waals surface area contributed by atoms with Crippen molar-refractivity contribution in [3.63, 3.8) is 0 Å². The fourth-order valence-electron chi connectivity index (χ4n) is 1.71. The molecule has 0 unspecified atom stereocenters. The molecule has 0 bridgehead atoms. The average Bonchev–Trinajstić information content (AvgIpc) is 2.81. The molecule has 5 nitrogen and oxygen atoms in total. The molecule has 6 heteroatoms. The number of furan rings is 1. The van der Waals surface area contributed by atoms with Crippen LogP contribution in [0.1, 0.15) is 18.2 Å². The molecule has 0 aliphatic carbocycles. The third-order valence-electron chi connectivity index (χ3n) is 2.61. The van der Waals surface area contributed by atoms with Gasteiger partial charge < -0.3 is 14.5 Å². The summed E-state index contributed by atoms with van der Waals surface area (Å²) in [6.07, 6.45) is 1.65. The maximum atomic E-state index is 5.46. The third-order valence-corrected chi connectivity index (χ3v) is 3.74. The second kappa shape index (κ2) is 6.33. The van der Waals surface area contributed by atoms with E-state index in [0.29, 0.717) is 18.2 Å². The quantitative estimate of drug-likeness (QED) is 0.816. The smallest absolute Gasteiger partial charge is 0.198 e. The molecule has 2 heterocycles. The van der Waals surface area contributed by atoms with Crippen LogP contribution in [0.25, 0.3) is 11.6 Å². The highest BCUT2D eigenvalue weighted by molar-refractivity contribution is 14.1. The van der Waals surface area contributed by atoms with E-state index in [1.807, 2.05) is 19.9 Å². The molecule has 19 heavy (non-hydrogen) atoms. The van der Waals surface area contributed by atoms with Gasteiger partial charge in [0.2, 0.25) is 0 Å². The maximum absolute atomic E-state index is 5.46. The van der Waals surface area contributed by atoms with E-state index in [0.717, 1.165) is 27.2 Å². The second-order valence-electron chi connectivity index (χ2n) is 4.05. The highest BCUT2D eigenvalue weighted by atomic mass is 127. The van der Waals surface area contributed by atoms with E-state index >= 15 is 0 Å². The summed E-state index contributed by atoms with van der Waals surface area (Å²) in [7, 11) is 1.66. The van der Waals surface area contributed by atoms with Crippen molar-refractivity contribution in [1.29, 1.82) is 0 Å². The van der Waals surface area contributed by atoms with Crippen molar-refractivity contribution in [1.82, 2.24) is 9.97 Å². The van der Waals surface area contributed by atoms with Crippen molar-refractivity contribution in [2.75, 3.05) is 19.0 Å². The lowest BCUT2D eigenvalue weighted by atomic mass is 10.2. The van der Waals surface area contributed by atoms with E-state index in [2.05, 4.69) is 37.9 Å². The van der Waals surface area contributed by atoms with Gasteiger partial charge in [-0.2, -0.15) is 0 Å². The molecule has 0 atom stereocenters. The molecule has 0 aromatic carbocycles. The van der Waals surface area contributed by atoms with Crippen LogP contribution < -0.4 is 5.32 Å². The van der Waals surface area contributed by atoms with Crippen LogP contribution in [0.2, 0.25) is 0 Å². The number of nitrogens with zero attached hydrogens (tertiary/aromatic N) is 2. The standard InChI is InChI=1S/C13H16IN3O2/c1-4-15-12-10(14)9(7-18-3)16-13(17-12)11-8(2)5-6-19-11/h5-6H,4,7H2,1-3H3,(H,15,16,17). The topological polar surface area (TPSA) is 60.2 Å². The summed E-state index contributed by atoms with van der Waals surface area (Å²) < 4.78 is 11.6. The summed E-state index contributed by atoms with van der Waals surface area (Å²) in [5.41, 5.74) is 1.88. The molecular formula is C13H16IN3O2. The minimum atomic E-state index is 0.450. The number of hydrogen-bond acceptors (Lipinski definition) is 5. The number of halogens is 1. The number of methoxy groups -OCH3 is 1. The molecule has 0 aliphatic rings. The summed E-state index contributed by atoms with van der Waals surface area (Å²) in [5, 5.41) is 3.24. The molecule has 1 N–H and O–H groups in total. The molecule has 0 radical (unpaired) electrons. The van der Waals surface area contributed by atoms with Gasteiger partial charge in [0.25, 0.3) is 0 Å². The van der Waals surface area contributed by atoms with Gasteiger partial charge in [-0.3, -0.25) is 0 Å². The van der Waals surface area contributed by atoms with Crippen LogP contribution >= 0.6 is 22.6 Å². The Kier molecular flexibility index (Phi) is 4.76. The van der Waals surface area contributed by atoms with Gasteiger partial charge >= 0.3 is 0 Å². The average molecular weight is 373 g/mol. The first kappa shape index (κ1) is 14.3. The largest absolute Gasteiger partial charge is 0.461 e. The molecule has 2 aromatic heterocycles. The molecule has 102 valence electrons. The molecule has 2 aromatic rings. The Morgan fingerprint density at radius 3 is 2.79 bits per heavy atom. The number of ether oxygens (including phenoxy) is 1. The van der Waals surface area contributed by atoms with Crippen LogP contribution in [0.4, 0.5) is 5.82 Å². The van der Waals surface area contributed by atoms with Gasteiger partial charge in [-0.25, -0.2) is 9.97 Å². The lowest BCUT2D eigenvalue weighted by Crippen LogP contribution is -2.08. The number of hydrogen-bond donors (Lipinski definition) is 1. The van der Waals surface area contributed by atoms with Crippen molar-refractivity contribution in [3.05, 3.63) is 27.2 Å². The van der Waals surface area contributed by atoms with Crippen LogP contribution in [0.3, 0.4) is 0 Å². The maximum Gasteiger partial charge on any atom is 0.198 e.